The summed E-state index contributed by atoms with van der Waals surface area (Å²) in [6.07, 6.45) is 1.70. The molecule has 0 spiro atoms. The molecule has 2 unspecified atom stereocenters. The molecule has 1 aromatic rings. The van der Waals surface area contributed by atoms with Gasteiger partial charge in [-0.05, 0) is 63.3 Å². The van der Waals surface area contributed by atoms with Gasteiger partial charge in [0.05, 0.1) is 6.04 Å². The average molecular weight is 292 g/mol. The Balaban J connectivity index is 2.14. The van der Waals surface area contributed by atoms with Crippen molar-refractivity contribution in [1.29, 1.82) is 0 Å². The predicted octanol–water partition coefficient (Wildman–Crippen LogP) is 2.84. The number of nitrogens with zero attached hydrogens (tertiary/aromatic N) is 1. The highest BCUT2D eigenvalue weighted by Gasteiger charge is 2.30. The number of carbonyl (C=O) groups excluding carboxylic acids is 1. The van der Waals surface area contributed by atoms with E-state index in [1.54, 1.807) is 6.07 Å². The van der Waals surface area contributed by atoms with E-state index in [9.17, 15) is 9.18 Å². The molecule has 0 aliphatic carbocycles. The SMILES string of the molecule is CCN(CC)C(=O)C1CC(c2cccc(F)c2C)CCN1. The highest BCUT2D eigenvalue weighted by Crippen LogP contribution is 2.31. The van der Waals surface area contributed by atoms with Gasteiger partial charge in [0, 0.05) is 13.1 Å². The molecule has 4 heteroatoms. The van der Waals surface area contributed by atoms with Crippen molar-refractivity contribution in [2.24, 2.45) is 0 Å². The summed E-state index contributed by atoms with van der Waals surface area (Å²) in [6, 6.07) is 5.11. The number of hydrogen-bond acceptors (Lipinski definition) is 2. The lowest BCUT2D eigenvalue weighted by Crippen LogP contribution is -2.49. The van der Waals surface area contributed by atoms with E-state index in [1.165, 1.54) is 6.07 Å². The van der Waals surface area contributed by atoms with Crippen LogP contribution in [0, 0.1) is 12.7 Å². The van der Waals surface area contributed by atoms with E-state index in [0.29, 0.717) is 0 Å². The third kappa shape index (κ3) is 3.43. The molecule has 21 heavy (non-hydrogen) atoms. The number of hydrogen-bond donors (Lipinski definition) is 1. The number of rotatable bonds is 4. The zero-order chi connectivity index (χ0) is 15.4. The predicted molar refractivity (Wildman–Crippen MR) is 82.8 cm³/mol. The van der Waals surface area contributed by atoms with Crippen LogP contribution in [0.3, 0.4) is 0 Å². The topological polar surface area (TPSA) is 32.3 Å². The minimum atomic E-state index is -0.155. The molecule has 1 aliphatic rings. The van der Waals surface area contributed by atoms with Gasteiger partial charge in [-0.3, -0.25) is 4.79 Å². The standard InChI is InChI=1S/C17H25FN2O/c1-4-20(5-2)17(21)16-11-13(9-10-19-16)14-7-6-8-15(18)12(14)3/h6-8,13,16,19H,4-5,9-11H2,1-3H3. The van der Waals surface area contributed by atoms with Gasteiger partial charge in [0.1, 0.15) is 5.82 Å². The first-order valence-corrected chi connectivity index (χ1v) is 7.85. The molecule has 1 N–H and O–H groups in total. The van der Waals surface area contributed by atoms with Crippen molar-refractivity contribution in [3.8, 4) is 0 Å². The van der Waals surface area contributed by atoms with Crippen LogP contribution in [0.5, 0.6) is 0 Å². The smallest absolute Gasteiger partial charge is 0.239 e. The Bertz CT molecular complexity index is 500. The first-order valence-electron chi connectivity index (χ1n) is 7.85. The highest BCUT2D eigenvalue weighted by atomic mass is 19.1. The zero-order valence-electron chi connectivity index (χ0n) is 13.2. The molecule has 1 fully saturated rings. The number of nitrogens with one attached hydrogen (secondary N) is 1. The maximum atomic E-state index is 13.7. The normalized spacial score (nSPS) is 22.1. The van der Waals surface area contributed by atoms with Crippen LogP contribution < -0.4 is 5.32 Å². The fraction of sp³-hybridized carbons (Fsp3) is 0.588. The lowest BCUT2D eigenvalue weighted by Gasteiger charge is -2.33. The van der Waals surface area contributed by atoms with Crippen molar-refractivity contribution in [1.82, 2.24) is 10.2 Å². The summed E-state index contributed by atoms with van der Waals surface area (Å²) in [5.74, 6) is 0.267. The number of amides is 1. The van der Waals surface area contributed by atoms with Gasteiger partial charge >= 0.3 is 0 Å². The van der Waals surface area contributed by atoms with Gasteiger partial charge < -0.3 is 10.2 Å². The molecule has 1 aliphatic heterocycles. The summed E-state index contributed by atoms with van der Waals surface area (Å²) in [6.45, 7) is 8.09. The lowest BCUT2D eigenvalue weighted by atomic mass is 9.84. The number of carbonyl (C=O) groups is 1. The van der Waals surface area contributed by atoms with E-state index in [2.05, 4.69) is 5.32 Å². The molecule has 1 aromatic carbocycles. The summed E-state index contributed by atoms with van der Waals surface area (Å²) in [5, 5.41) is 3.32. The number of halogens is 1. The van der Waals surface area contributed by atoms with Crippen LogP contribution >= 0.6 is 0 Å². The van der Waals surface area contributed by atoms with Crippen molar-refractivity contribution in [2.75, 3.05) is 19.6 Å². The zero-order valence-corrected chi connectivity index (χ0v) is 13.2. The molecule has 1 saturated heterocycles. The van der Waals surface area contributed by atoms with E-state index in [1.807, 2.05) is 31.7 Å². The Kier molecular flexibility index (Phi) is 5.34. The molecule has 1 heterocycles. The van der Waals surface area contributed by atoms with E-state index in [-0.39, 0.29) is 23.7 Å². The van der Waals surface area contributed by atoms with Gasteiger partial charge in [0.2, 0.25) is 5.91 Å². The molecule has 0 radical (unpaired) electrons. The van der Waals surface area contributed by atoms with Crippen molar-refractivity contribution >= 4 is 5.91 Å². The van der Waals surface area contributed by atoms with Crippen LogP contribution in [0.4, 0.5) is 4.39 Å². The Labute approximate surface area is 126 Å². The van der Waals surface area contributed by atoms with Crippen molar-refractivity contribution in [2.45, 2.75) is 45.6 Å². The molecule has 0 aromatic heterocycles. The van der Waals surface area contributed by atoms with Gasteiger partial charge in [-0.2, -0.15) is 0 Å². The average Bonchev–Trinajstić information content (AvgIpc) is 2.51. The minimum absolute atomic E-state index is 0.147. The van der Waals surface area contributed by atoms with Crippen LogP contribution in [0.15, 0.2) is 18.2 Å². The molecule has 1 amide bonds. The van der Waals surface area contributed by atoms with E-state index in [0.717, 1.165) is 43.6 Å². The molecule has 2 atom stereocenters. The van der Waals surface area contributed by atoms with Crippen LogP contribution in [0.1, 0.15) is 43.7 Å². The van der Waals surface area contributed by atoms with Gasteiger partial charge in [0.25, 0.3) is 0 Å². The van der Waals surface area contributed by atoms with Crippen molar-refractivity contribution < 1.29 is 9.18 Å². The second-order valence-electron chi connectivity index (χ2n) is 5.69. The largest absolute Gasteiger partial charge is 0.342 e. The molecule has 0 saturated carbocycles. The van der Waals surface area contributed by atoms with Gasteiger partial charge in [-0.15, -0.1) is 0 Å². The van der Waals surface area contributed by atoms with Gasteiger partial charge in [-0.1, -0.05) is 12.1 Å². The van der Waals surface area contributed by atoms with E-state index < -0.39 is 0 Å². The van der Waals surface area contributed by atoms with E-state index >= 15 is 0 Å². The quantitative estimate of drug-likeness (QED) is 0.925. The van der Waals surface area contributed by atoms with E-state index in [4.69, 9.17) is 0 Å². The Morgan fingerprint density at radius 1 is 1.38 bits per heavy atom. The fourth-order valence-corrected chi connectivity index (χ4v) is 3.21. The van der Waals surface area contributed by atoms with Crippen LogP contribution in [0.25, 0.3) is 0 Å². The number of piperidine rings is 1. The van der Waals surface area contributed by atoms with Crippen molar-refractivity contribution in [3.63, 3.8) is 0 Å². The number of likely N-dealkylation sites (N-methyl/N-ethyl adjacent to an activating group) is 1. The maximum Gasteiger partial charge on any atom is 0.239 e. The maximum absolute atomic E-state index is 13.7. The first kappa shape index (κ1) is 16.0. The monoisotopic (exact) mass is 292 g/mol. The molecule has 116 valence electrons. The fourth-order valence-electron chi connectivity index (χ4n) is 3.21. The molecule has 2 rings (SSSR count). The molecule has 0 bridgehead atoms. The Morgan fingerprint density at radius 2 is 2.10 bits per heavy atom. The lowest BCUT2D eigenvalue weighted by molar-refractivity contribution is -0.133. The van der Waals surface area contributed by atoms with Gasteiger partial charge in [-0.25, -0.2) is 4.39 Å². The summed E-state index contributed by atoms with van der Waals surface area (Å²) >= 11 is 0. The summed E-state index contributed by atoms with van der Waals surface area (Å²) in [4.78, 5) is 14.3. The Morgan fingerprint density at radius 3 is 2.76 bits per heavy atom. The van der Waals surface area contributed by atoms with Crippen molar-refractivity contribution in [3.05, 3.63) is 35.1 Å². The second-order valence-corrected chi connectivity index (χ2v) is 5.69. The third-order valence-corrected chi connectivity index (χ3v) is 4.53. The first-order chi connectivity index (χ1) is 10.1. The van der Waals surface area contributed by atoms with Gasteiger partial charge in [0.15, 0.2) is 0 Å². The highest BCUT2D eigenvalue weighted by molar-refractivity contribution is 5.82. The summed E-state index contributed by atoms with van der Waals surface area (Å²) < 4.78 is 13.7. The minimum Gasteiger partial charge on any atom is -0.342 e. The van der Waals surface area contributed by atoms with Crippen LogP contribution in [-0.2, 0) is 4.79 Å². The molecule has 3 nitrogen and oxygen atoms in total. The molecular formula is C17H25FN2O. The Hall–Kier alpha value is -1.42. The second kappa shape index (κ2) is 7.03. The van der Waals surface area contributed by atoms with Crippen LogP contribution in [-0.4, -0.2) is 36.5 Å². The van der Waals surface area contributed by atoms with Crippen LogP contribution in [0.2, 0.25) is 0 Å². The molecular weight excluding hydrogens is 267 g/mol. The summed E-state index contributed by atoms with van der Waals surface area (Å²) in [7, 11) is 0. The summed E-state index contributed by atoms with van der Waals surface area (Å²) in [5.41, 5.74) is 1.77. The third-order valence-electron chi connectivity index (χ3n) is 4.53. The number of benzene rings is 1.